The SMILES string of the molecule is O=C(CCc1cc2cc(F)ccc2[nH]c1=O)NCc1ccccc1Cl. The number of nitrogens with one attached hydrogen (secondary N) is 2. The molecule has 2 aromatic carbocycles. The normalized spacial score (nSPS) is 10.8. The Balaban J connectivity index is 1.64. The van der Waals surface area contributed by atoms with Gasteiger partial charge in [-0.2, -0.15) is 0 Å². The van der Waals surface area contributed by atoms with Gasteiger partial charge < -0.3 is 10.3 Å². The number of pyridine rings is 1. The average molecular weight is 359 g/mol. The summed E-state index contributed by atoms with van der Waals surface area (Å²) in [6.07, 6.45) is 0.435. The van der Waals surface area contributed by atoms with E-state index in [9.17, 15) is 14.0 Å². The van der Waals surface area contributed by atoms with Crippen molar-refractivity contribution in [1.29, 1.82) is 0 Å². The Labute approximate surface area is 148 Å². The van der Waals surface area contributed by atoms with Crippen LogP contribution in [0, 0.1) is 5.82 Å². The second kappa shape index (κ2) is 7.49. The molecule has 4 nitrogen and oxygen atoms in total. The number of hydrogen-bond donors (Lipinski definition) is 2. The van der Waals surface area contributed by atoms with Crippen molar-refractivity contribution in [2.24, 2.45) is 0 Å². The first-order valence-electron chi connectivity index (χ1n) is 7.84. The van der Waals surface area contributed by atoms with Crippen LogP contribution in [0.3, 0.4) is 0 Å². The van der Waals surface area contributed by atoms with Crippen LogP contribution in [0.25, 0.3) is 10.9 Å². The number of aromatic amines is 1. The number of halogens is 2. The highest BCUT2D eigenvalue weighted by Crippen LogP contribution is 2.15. The molecule has 0 aliphatic heterocycles. The number of H-pyrrole nitrogens is 1. The third-order valence-corrected chi connectivity index (χ3v) is 4.31. The van der Waals surface area contributed by atoms with Crippen molar-refractivity contribution < 1.29 is 9.18 Å². The van der Waals surface area contributed by atoms with Gasteiger partial charge in [-0.25, -0.2) is 4.39 Å². The highest BCUT2D eigenvalue weighted by atomic mass is 35.5. The van der Waals surface area contributed by atoms with E-state index in [-0.39, 0.29) is 30.1 Å². The van der Waals surface area contributed by atoms with Crippen LogP contribution in [-0.4, -0.2) is 10.9 Å². The van der Waals surface area contributed by atoms with Crippen LogP contribution < -0.4 is 10.9 Å². The third-order valence-electron chi connectivity index (χ3n) is 3.94. The molecule has 128 valence electrons. The quantitative estimate of drug-likeness (QED) is 0.732. The van der Waals surface area contributed by atoms with E-state index in [1.165, 1.54) is 18.2 Å². The molecular weight excluding hydrogens is 343 g/mol. The first-order valence-corrected chi connectivity index (χ1v) is 8.22. The van der Waals surface area contributed by atoms with E-state index in [0.29, 0.717) is 28.0 Å². The van der Waals surface area contributed by atoms with E-state index in [4.69, 9.17) is 11.6 Å². The maximum absolute atomic E-state index is 13.3. The zero-order valence-electron chi connectivity index (χ0n) is 13.3. The molecule has 0 aliphatic rings. The van der Waals surface area contributed by atoms with Gasteiger partial charge in [0.2, 0.25) is 5.91 Å². The number of rotatable bonds is 5. The Bertz CT molecular complexity index is 985. The van der Waals surface area contributed by atoms with Crippen molar-refractivity contribution in [3.8, 4) is 0 Å². The maximum atomic E-state index is 13.3. The Hall–Kier alpha value is -2.66. The predicted octanol–water partition coefficient (Wildman–Crippen LogP) is 3.57. The smallest absolute Gasteiger partial charge is 0.251 e. The van der Waals surface area contributed by atoms with Crippen LogP contribution in [0.1, 0.15) is 17.5 Å². The maximum Gasteiger partial charge on any atom is 0.251 e. The van der Waals surface area contributed by atoms with Gasteiger partial charge in [0.25, 0.3) is 5.56 Å². The molecule has 0 fully saturated rings. The van der Waals surface area contributed by atoms with Crippen LogP contribution in [0.15, 0.2) is 53.3 Å². The number of hydrogen-bond acceptors (Lipinski definition) is 2. The average Bonchev–Trinajstić information content (AvgIpc) is 2.59. The predicted molar refractivity (Wildman–Crippen MR) is 96.1 cm³/mol. The van der Waals surface area contributed by atoms with E-state index < -0.39 is 0 Å². The molecule has 0 unspecified atom stereocenters. The fourth-order valence-electron chi connectivity index (χ4n) is 2.58. The third kappa shape index (κ3) is 4.25. The van der Waals surface area contributed by atoms with Gasteiger partial charge in [0, 0.05) is 34.5 Å². The molecular formula is C19H16ClFN2O2. The summed E-state index contributed by atoms with van der Waals surface area (Å²) in [6, 6.07) is 13.1. The summed E-state index contributed by atoms with van der Waals surface area (Å²) in [4.78, 5) is 26.8. The minimum absolute atomic E-state index is 0.161. The number of carbonyl (C=O) groups excluding carboxylic acids is 1. The van der Waals surface area contributed by atoms with Crippen molar-refractivity contribution in [1.82, 2.24) is 10.3 Å². The first-order chi connectivity index (χ1) is 12.0. The molecule has 0 spiro atoms. The van der Waals surface area contributed by atoms with E-state index >= 15 is 0 Å². The van der Waals surface area contributed by atoms with Gasteiger partial charge in [-0.3, -0.25) is 9.59 Å². The van der Waals surface area contributed by atoms with E-state index in [2.05, 4.69) is 10.3 Å². The molecule has 0 atom stereocenters. The molecule has 0 aliphatic carbocycles. The van der Waals surface area contributed by atoms with Crippen LogP contribution in [0.5, 0.6) is 0 Å². The summed E-state index contributed by atoms with van der Waals surface area (Å²) in [5, 5.41) is 3.98. The van der Waals surface area contributed by atoms with Crippen molar-refractivity contribution in [2.75, 3.05) is 0 Å². The minimum atomic E-state index is -0.372. The standard InChI is InChI=1S/C19H16ClFN2O2/c20-16-4-2-1-3-13(16)11-22-18(24)8-5-12-9-14-10-15(21)6-7-17(14)23-19(12)25/h1-4,6-7,9-10H,5,8,11H2,(H,22,24)(H,23,25). The summed E-state index contributed by atoms with van der Waals surface area (Å²) < 4.78 is 13.3. The van der Waals surface area contributed by atoms with E-state index in [0.717, 1.165) is 5.56 Å². The molecule has 6 heteroatoms. The van der Waals surface area contributed by atoms with Crippen LogP contribution in [0.2, 0.25) is 5.02 Å². The number of benzene rings is 2. The van der Waals surface area contributed by atoms with Gasteiger partial charge in [-0.05, 0) is 42.3 Å². The van der Waals surface area contributed by atoms with E-state index in [1.807, 2.05) is 18.2 Å². The Morgan fingerprint density at radius 3 is 2.72 bits per heavy atom. The van der Waals surface area contributed by atoms with E-state index in [1.54, 1.807) is 12.1 Å². The molecule has 1 amide bonds. The molecule has 0 bridgehead atoms. The number of fused-ring (bicyclic) bond motifs is 1. The van der Waals surface area contributed by atoms with Gasteiger partial charge in [0.15, 0.2) is 0 Å². The number of amides is 1. The lowest BCUT2D eigenvalue weighted by Crippen LogP contribution is -2.24. The van der Waals surface area contributed by atoms with Crippen molar-refractivity contribution in [3.05, 3.63) is 80.9 Å². The van der Waals surface area contributed by atoms with Gasteiger partial charge in [-0.15, -0.1) is 0 Å². The van der Waals surface area contributed by atoms with Crippen molar-refractivity contribution in [2.45, 2.75) is 19.4 Å². The van der Waals surface area contributed by atoms with Crippen LogP contribution in [0.4, 0.5) is 4.39 Å². The molecule has 3 rings (SSSR count). The molecule has 1 aromatic heterocycles. The summed E-state index contributed by atoms with van der Waals surface area (Å²) >= 11 is 6.04. The Morgan fingerprint density at radius 2 is 1.92 bits per heavy atom. The zero-order valence-corrected chi connectivity index (χ0v) is 14.1. The molecule has 0 saturated carbocycles. The zero-order chi connectivity index (χ0) is 17.8. The highest BCUT2D eigenvalue weighted by molar-refractivity contribution is 6.31. The van der Waals surface area contributed by atoms with Gasteiger partial charge in [0.1, 0.15) is 5.82 Å². The molecule has 0 saturated heterocycles. The number of carbonyl (C=O) groups is 1. The lowest BCUT2D eigenvalue weighted by molar-refractivity contribution is -0.121. The largest absolute Gasteiger partial charge is 0.352 e. The molecule has 0 radical (unpaired) electrons. The second-order valence-electron chi connectivity index (χ2n) is 5.72. The van der Waals surface area contributed by atoms with Crippen molar-refractivity contribution >= 4 is 28.4 Å². The number of aryl methyl sites for hydroxylation is 1. The van der Waals surface area contributed by atoms with Crippen LogP contribution in [-0.2, 0) is 17.8 Å². The Morgan fingerprint density at radius 1 is 1.12 bits per heavy atom. The first kappa shape index (κ1) is 17.2. The monoisotopic (exact) mass is 358 g/mol. The fraction of sp³-hybridized carbons (Fsp3) is 0.158. The summed E-state index contributed by atoms with van der Waals surface area (Å²) in [5.74, 6) is -0.554. The molecule has 1 heterocycles. The lowest BCUT2D eigenvalue weighted by Gasteiger charge is -2.07. The van der Waals surface area contributed by atoms with Gasteiger partial charge in [-0.1, -0.05) is 29.8 Å². The highest BCUT2D eigenvalue weighted by Gasteiger charge is 2.08. The summed E-state index contributed by atoms with van der Waals surface area (Å²) in [6.45, 7) is 0.331. The second-order valence-corrected chi connectivity index (χ2v) is 6.13. The topological polar surface area (TPSA) is 62.0 Å². The van der Waals surface area contributed by atoms with Crippen molar-refractivity contribution in [3.63, 3.8) is 0 Å². The van der Waals surface area contributed by atoms with Gasteiger partial charge in [0.05, 0.1) is 0 Å². The molecule has 2 N–H and O–H groups in total. The summed E-state index contributed by atoms with van der Waals surface area (Å²) in [7, 11) is 0. The lowest BCUT2D eigenvalue weighted by atomic mass is 10.1. The molecule has 25 heavy (non-hydrogen) atoms. The summed E-state index contributed by atoms with van der Waals surface area (Å²) in [5.41, 5.74) is 1.58. The minimum Gasteiger partial charge on any atom is -0.352 e. The van der Waals surface area contributed by atoms with Crippen LogP contribution >= 0.6 is 11.6 Å². The molecule has 3 aromatic rings. The fourth-order valence-corrected chi connectivity index (χ4v) is 2.78. The Kier molecular flexibility index (Phi) is 5.14. The van der Waals surface area contributed by atoms with Gasteiger partial charge >= 0.3 is 0 Å². The number of aromatic nitrogens is 1.